The maximum atomic E-state index is 12.3. The van der Waals surface area contributed by atoms with E-state index < -0.39 is 12.0 Å². The monoisotopic (exact) mass is 277 g/mol. The summed E-state index contributed by atoms with van der Waals surface area (Å²) in [6.07, 6.45) is 4.81. The number of amides is 2. The van der Waals surface area contributed by atoms with Crippen LogP contribution in [0.4, 0.5) is 0 Å². The van der Waals surface area contributed by atoms with Crippen LogP contribution in [0.15, 0.2) is 12.4 Å². The average molecular weight is 277 g/mol. The van der Waals surface area contributed by atoms with Gasteiger partial charge in [-0.05, 0) is 19.3 Å². The maximum Gasteiger partial charge on any atom is 0.331 e. The van der Waals surface area contributed by atoms with Crippen LogP contribution in [0.25, 0.3) is 0 Å². The van der Waals surface area contributed by atoms with Gasteiger partial charge in [-0.15, -0.1) is 0 Å². The maximum absolute atomic E-state index is 12.3. The number of carboxylic acid groups (broad SMARTS) is 1. The van der Waals surface area contributed by atoms with Crippen molar-refractivity contribution in [2.24, 2.45) is 18.9 Å². The molecule has 7 nitrogen and oxygen atoms in total. The highest BCUT2D eigenvalue weighted by Crippen LogP contribution is 2.41. The Labute approximate surface area is 115 Å². The zero-order valence-electron chi connectivity index (χ0n) is 11.0. The molecule has 2 aliphatic rings. The third kappa shape index (κ3) is 1.81. The lowest BCUT2D eigenvalue weighted by Crippen LogP contribution is -2.50. The molecule has 2 heterocycles. The van der Waals surface area contributed by atoms with Crippen LogP contribution in [0.3, 0.4) is 0 Å². The second-order valence-corrected chi connectivity index (χ2v) is 5.44. The van der Waals surface area contributed by atoms with E-state index in [0.29, 0.717) is 24.8 Å². The van der Waals surface area contributed by atoms with Crippen molar-refractivity contribution in [3.8, 4) is 0 Å². The molecule has 1 aromatic heterocycles. The zero-order valence-corrected chi connectivity index (χ0v) is 11.0. The molecule has 0 spiro atoms. The Hall–Kier alpha value is -2.18. The summed E-state index contributed by atoms with van der Waals surface area (Å²) in [6.45, 7) is 0. The van der Waals surface area contributed by atoms with E-state index in [0.717, 1.165) is 4.90 Å². The Kier molecular flexibility index (Phi) is 2.84. The van der Waals surface area contributed by atoms with Crippen LogP contribution in [0, 0.1) is 11.8 Å². The Morgan fingerprint density at radius 2 is 1.95 bits per heavy atom. The number of aryl methyl sites for hydroxylation is 1. The van der Waals surface area contributed by atoms with Gasteiger partial charge in [0.1, 0.15) is 0 Å². The number of carbonyl (C=O) groups is 3. The van der Waals surface area contributed by atoms with E-state index >= 15 is 0 Å². The second kappa shape index (κ2) is 4.43. The molecule has 0 aromatic carbocycles. The van der Waals surface area contributed by atoms with Gasteiger partial charge in [0.05, 0.1) is 6.20 Å². The summed E-state index contributed by atoms with van der Waals surface area (Å²) in [5.41, 5.74) is 0.350. The predicted molar refractivity (Wildman–Crippen MR) is 66.3 cm³/mol. The van der Waals surface area contributed by atoms with Crippen molar-refractivity contribution in [2.75, 3.05) is 0 Å². The lowest BCUT2D eigenvalue weighted by molar-refractivity contribution is -0.164. The number of piperidine rings is 1. The van der Waals surface area contributed by atoms with Gasteiger partial charge in [0.15, 0.2) is 6.04 Å². The minimum absolute atomic E-state index is 0.212. The third-order valence-electron chi connectivity index (χ3n) is 4.14. The first-order valence-corrected chi connectivity index (χ1v) is 6.57. The molecule has 1 saturated carbocycles. The van der Waals surface area contributed by atoms with Crippen LogP contribution < -0.4 is 0 Å². The van der Waals surface area contributed by atoms with Gasteiger partial charge in [0.25, 0.3) is 0 Å². The van der Waals surface area contributed by atoms with Gasteiger partial charge in [-0.2, -0.15) is 5.10 Å². The molecule has 106 valence electrons. The number of hydrogen-bond acceptors (Lipinski definition) is 4. The molecule has 3 unspecified atom stereocenters. The lowest BCUT2D eigenvalue weighted by atomic mass is 9.94. The van der Waals surface area contributed by atoms with Gasteiger partial charge in [-0.25, -0.2) is 4.79 Å². The Morgan fingerprint density at radius 1 is 1.35 bits per heavy atom. The number of hydrogen-bond donors (Lipinski definition) is 1. The first-order valence-electron chi connectivity index (χ1n) is 6.57. The van der Waals surface area contributed by atoms with E-state index in [1.54, 1.807) is 7.05 Å². The van der Waals surface area contributed by atoms with E-state index in [-0.39, 0.29) is 23.7 Å². The van der Waals surface area contributed by atoms with Crippen molar-refractivity contribution >= 4 is 17.8 Å². The van der Waals surface area contributed by atoms with Crippen molar-refractivity contribution in [1.82, 2.24) is 14.7 Å². The average Bonchev–Trinajstić information content (AvgIpc) is 2.99. The van der Waals surface area contributed by atoms with Crippen LogP contribution in [0.1, 0.15) is 30.9 Å². The second-order valence-electron chi connectivity index (χ2n) is 5.44. The molecule has 3 rings (SSSR count). The first-order chi connectivity index (χ1) is 9.49. The Balaban J connectivity index is 2.01. The molecular weight excluding hydrogens is 262 g/mol. The molecule has 2 amide bonds. The highest BCUT2D eigenvalue weighted by Gasteiger charge is 2.49. The molecule has 0 radical (unpaired) electrons. The molecule has 20 heavy (non-hydrogen) atoms. The van der Waals surface area contributed by atoms with Crippen molar-refractivity contribution in [3.05, 3.63) is 18.0 Å². The van der Waals surface area contributed by atoms with Gasteiger partial charge in [0, 0.05) is 30.6 Å². The molecule has 3 atom stereocenters. The van der Waals surface area contributed by atoms with Crippen LogP contribution in [-0.4, -0.2) is 37.6 Å². The minimum Gasteiger partial charge on any atom is -0.479 e. The fourth-order valence-corrected chi connectivity index (χ4v) is 3.17. The largest absolute Gasteiger partial charge is 0.479 e. The van der Waals surface area contributed by atoms with E-state index in [4.69, 9.17) is 0 Å². The molecule has 7 heteroatoms. The Morgan fingerprint density at radius 3 is 2.40 bits per heavy atom. The summed E-state index contributed by atoms with van der Waals surface area (Å²) < 4.78 is 1.46. The number of aromatic nitrogens is 2. The van der Waals surface area contributed by atoms with E-state index in [1.807, 2.05) is 0 Å². The van der Waals surface area contributed by atoms with Crippen molar-refractivity contribution in [3.63, 3.8) is 0 Å². The number of carboxylic acids is 1. The molecule has 1 aliphatic carbocycles. The highest BCUT2D eigenvalue weighted by atomic mass is 16.4. The summed E-state index contributed by atoms with van der Waals surface area (Å²) >= 11 is 0. The van der Waals surface area contributed by atoms with Crippen LogP contribution in [0.2, 0.25) is 0 Å². The van der Waals surface area contributed by atoms with Crippen LogP contribution in [0.5, 0.6) is 0 Å². The third-order valence-corrected chi connectivity index (χ3v) is 4.14. The van der Waals surface area contributed by atoms with Crippen molar-refractivity contribution in [2.45, 2.75) is 25.3 Å². The van der Waals surface area contributed by atoms with Gasteiger partial charge in [0.2, 0.25) is 11.8 Å². The van der Waals surface area contributed by atoms with Crippen molar-refractivity contribution in [1.29, 1.82) is 0 Å². The summed E-state index contributed by atoms with van der Waals surface area (Å²) in [5, 5.41) is 13.4. The molecule has 1 aliphatic heterocycles. The summed E-state index contributed by atoms with van der Waals surface area (Å²) in [4.78, 5) is 37.2. The van der Waals surface area contributed by atoms with Crippen molar-refractivity contribution < 1.29 is 19.5 Å². The summed E-state index contributed by atoms with van der Waals surface area (Å²) in [7, 11) is 1.66. The molecule has 2 fully saturated rings. The SMILES string of the molecule is Cn1cc(C(C(=O)O)N2C(=O)C3CCC(C3)C2=O)cn1. The standard InChI is InChI=1S/C13H15N3O4/c1-15-6-9(5-14-15)10(13(19)20)16-11(17)7-2-3-8(4-7)12(16)18/h5-8,10H,2-4H2,1H3,(H,19,20). The topological polar surface area (TPSA) is 92.5 Å². The van der Waals surface area contributed by atoms with Gasteiger partial charge < -0.3 is 5.11 Å². The Bertz CT molecular complexity index is 572. The smallest absolute Gasteiger partial charge is 0.331 e. The quantitative estimate of drug-likeness (QED) is 0.804. The fourth-order valence-electron chi connectivity index (χ4n) is 3.17. The molecule has 1 N–H and O–H groups in total. The number of rotatable bonds is 3. The van der Waals surface area contributed by atoms with Crippen LogP contribution in [-0.2, 0) is 21.4 Å². The number of nitrogens with zero attached hydrogens (tertiary/aromatic N) is 3. The molecule has 1 aromatic rings. The number of carbonyl (C=O) groups excluding carboxylic acids is 2. The predicted octanol–water partition coefficient (Wildman–Crippen LogP) is 0.331. The van der Waals surface area contributed by atoms with Gasteiger partial charge in [-0.1, -0.05) is 0 Å². The minimum atomic E-state index is -1.27. The summed E-state index contributed by atoms with van der Waals surface area (Å²) in [5.74, 6) is -2.35. The van der Waals surface area contributed by atoms with Crippen LogP contribution >= 0.6 is 0 Å². The van der Waals surface area contributed by atoms with Gasteiger partial charge in [-0.3, -0.25) is 19.2 Å². The molecule has 1 saturated heterocycles. The van der Waals surface area contributed by atoms with Gasteiger partial charge >= 0.3 is 5.97 Å². The number of aliphatic carboxylic acids is 1. The number of likely N-dealkylation sites (tertiary alicyclic amines) is 1. The normalized spacial score (nSPS) is 26.9. The molecular formula is C13H15N3O4. The van der Waals surface area contributed by atoms with E-state index in [9.17, 15) is 19.5 Å². The molecule has 2 bridgehead atoms. The zero-order chi connectivity index (χ0) is 14.4. The van der Waals surface area contributed by atoms with E-state index in [2.05, 4.69) is 5.10 Å². The first kappa shape index (κ1) is 12.8. The number of fused-ring (bicyclic) bond motifs is 2. The highest BCUT2D eigenvalue weighted by molar-refractivity contribution is 6.04. The van der Waals surface area contributed by atoms with E-state index in [1.165, 1.54) is 17.1 Å². The lowest BCUT2D eigenvalue weighted by Gasteiger charge is -2.33. The number of imide groups is 1. The summed E-state index contributed by atoms with van der Waals surface area (Å²) in [6, 6.07) is -1.27. The fraction of sp³-hybridized carbons (Fsp3) is 0.538.